The Bertz CT molecular complexity index is 3130. The summed E-state index contributed by atoms with van der Waals surface area (Å²) >= 11 is 0. The van der Waals surface area contributed by atoms with Crippen molar-refractivity contribution in [2.75, 3.05) is 4.90 Å². The van der Waals surface area contributed by atoms with Gasteiger partial charge in [0, 0.05) is 33.1 Å². The number of hydrogen-bond acceptors (Lipinski definition) is 2. The maximum absolute atomic E-state index is 7.26. The Morgan fingerprint density at radius 2 is 0.786 bits per heavy atom. The first kappa shape index (κ1) is 32.0. The minimum atomic E-state index is 0.876. The second-order valence-electron chi connectivity index (χ2n) is 14.5. The van der Waals surface area contributed by atoms with E-state index >= 15 is 0 Å². The third-order valence-corrected chi connectivity index (χ3v) is 11.2. The summed E-state index contributed by atoms with van der Waals surface area (Å²) < 4.78 is 7.26. The topological polar surface area (TPSA) is 16.4 Å². The number of furan rings is 1. The normalized spacial score (nSPS) is 11.6. The Balaban J connectivity index is 1.21. The van der Waals surface area contributed by atoms with Gasteiger partial charge in [0.25, 0.3) is 0 Å². The first-order chi connectivity index (χ1) is 27.8. The largest absolute Gasteiger partial charge is 0.455 e. The second kappa shape index (κ2) is 13.2. The van der Waals surface area contributed by atoms with Crippen LogP contribution in [0.4, 0.5) is 17.1 Å². The molecule has 0 aliphatic rings. The summed E-state index contributed by atoms with van der Waals surface area (Å²) in [4.78, 5) is 2.39. The number of nitrogens with zero attached hydrogens (tertiary/aromatic N) is 1. The lowest BCUT2D eigenvalue weighted by Crippen LogP contribution is -2.11. The van der Waals surface area contributed by atoms with Crippen molar-refractivity contribution < 1.29 is 4.42 Å². The van der Waals surface area contributed by atoms with E-state index in [1.165, 1.54) is 49.2 Å². The van der Waals surface area contributed by atoms with E-state index in [2.05, 4.69) is 217 Å². The van der Waals surface area contributed by atoms with Gasteiger partial charge < -0.3 is 9.32 Å². The van der Waals surface area contributed by atoms with Gasteiger partial charge >= 0.3 is 0 Å². The minimum Gasteiger partial charge on any atom is -0.455 e. The van der Waals surface area contributed by atoms with Crippen LogP contribution < -0.4 is 4.90 Å². The van der Waals surface area contributed by atoms with Crippen molar-refractivity contribution in [2.45, 2.75) is 0 Å². The predicted octanol–water partition coefficient (Wildman–Crippen LogP) is 15.5. The molecule has 0 saturated heterocycles. The SMILES string of the molecule is c1ccc(-c2ccc(N(c3ccc(-c4ccccc4)cc3)c3ccc4c(oc5c6ccccc6c6ccccc6c45)c3-c3ccc4ccccc4c3)cc2)cc1. The number of rotatable bonds is 6. The van der Waals surface area contributed by atoms with Crippen LogP contribution in [0, 0.1) is 0 Å². The van der Waals surface area contributed by atoms with Crippen molar-refractivity contribution in [3.8, 4) is 33.4 Å². The molecule has 262 valence electrons. The number of anilines is 3. The van der Waals surface area contributed by atoms with Crippen molar-refractivity contribution in [1.29, 1.82) is 0 Å². The van der Waals surface area contributed by atoms with Gasteiger partial charge in [-0.25, -0.2) is 0 Å². The van der Waals surface area contributed by atoms with Crippen molar-refractivity contribution in [3.63, 3.8) is 0 Å². The van der Waals surface area contributed by atoms with Crippen LogP contribution in [0.25, 0.3) is 87.6 Å². The fourth-order valence-corrected chi connectivity index (χ4v) is 8.56. The molecular formula is C54H35NO. The first-order valence-corrected chi connectivity index (χ1v) is 19.2. The third-order valence-electron chi connectivity index (χ3n) is 11.2. The molecule has 0 spiro atoms. The molecule has 0 aliphatic heterocycles. The van der Waals surface area contributed by atoms with Gasteiger partial charge in [-0.3, -0.25) is 0 Å². The molecule has 56 heavy (non-hydrogen) atoms. The zero-order valence-electron chi connectivity index (χ0n) is 30.6. The van der Waals surface area contributed by atoms with Crippen LogP contribution in [0.2, 0.25) is 0 Å². The number of hydrogen-bond donors (Lipinski definition) is 0. The fourth-order valence-electron chi connectivity index (χ4n) is 8.56. The summed E-state index contributed by atoms with van der Waals surface area (Å²) in [5.74, 6) is 0. The van der Waals surface area contributed by atoms with E-state index in [1.807, 2.05) is 0 Å². The maximum atomic E-state index is 7.26. The van der Waals surface area contributed by atoms with Crippen LogP contribution in [-0.4, -0.2) is 0 Å². The average molecular weight is 714 g/mol. The lowest BCUT2D eigenvalue weighted by Gasteiger charge is -2.28. The lowest BCUT2D eigenvalue weighted by molar-refractivity contribution is 0.674. The molecule has 0 bridgehead atoms. The van der Waals surface area contributed by atoms with E-state index in [0.717, 1.165) is 55.5 Å². The van der Waals surface area contributed by atoms with E-state index < -0.39 is 0 Å². The third kappa shape index (κ3) is 5.26. The minimum absolute atomic E-state index is 0.876. The zero-order chi connectivity index (χ0) is 37.0. The van der Waals surface area contributed by atoms with Crippen LogP contribution in [0.3, 0.4) is 0 Å². The molecule has 10 aromatic carbocycles. The van der Waals surface area contributed by atoms with Gasteiger partial charge in [0.2, 0.25) is 0 Å². The molecular weight excluding hydrogens is 679 g/mol. The summed E-state index contributed by atoms with van der Waals surface area (Å²) in [7, 11) is 0. The maximum Gasteiger partial charge on any atom is 0.145 e. The molecule has 11 aromatic rings. The zero-order valence-corrected chi connectivity index (χ0v) is 30.6. The van der Waals surface area contributed by atoms with Gasteiger partial charge in [0.1, 0.15) is 11.2 Å². The Labute approximate surface area is 325 Å². The van der Waals surface area contributed by atoms with Gasteiger partial charge in [-0.05, 0) is 97.2 Å². The van der Waals surface area contributed by atoms with Crippen LogP contribution in [0.15, 0.2) is 217 Å². The molecule has 0 amide bonds. The molecule has 2 nitrogen and oxygen atoms in total. The Kier molecular flexibility index (Phi) is 7.53. The van der Waals surface area contributed by atoms with Crippen molar-refractivity contribution in [2.24, 2.45) is 0 Å². The van der Waals surface area contributed by atoms with E-state index in [0.29, 0.717) is 0 Å². The Morgan fingerprint density at radius 1 is 0.304 bits per heavy atom. The lowest BCUT2D eigenvalue weighted by atomic mass is 9.94. The van der Waals surface area contributed by atoms with Crippen LogP contribution in [-0.2, 0) is 0 Å². The summed E-state index contributed by atoms with van der Waals surface area (Å²) in [5.41, 5.74) is 11.8. The van der Waals surface area contributed by atoms with E-state index in [-0.39, 0.29) is 0 Å². The molecule has 11 rings (SSSR count). The van der Waals surface area contributed by atoms with Gasteiger partial charge in [-0.1, -0.05) is 170 Å². The summed E-state index contributed by atoms with van der Waals surface area (Å²) in [6, 6.07) is 76.3. The number of fused-ring (bicyclic) bond motifs is 9. The van der Waals surface area contributed by atoms with Crippen molar-refractivity contribution >= 4 is 71.3 Å². The summed E-state index contributed by atoms with van der Waals surface area (Å²) in [5, 5.41) is 9.38. The molecule has 0 fully saturated rings. The van der Waals surface area contributed by atoms with Crippen molar-refractivity contribution in [3.05, 3.63) is 212 Å². The van der Waals surface area contributed by atoms with Gasteiger partial charge in [0.15, 0.2) is 0 Å². The molecule has 0 atom stereocenters. The summed E-state index contributed by atoms with van der Waals surface area (Å²) in [6.07, 6.45) is 0. The predicted molar refractivity (Wildman–Crippen MR) is 237 cm³/mol. The Hall–Kier alpha value is -7.42. The fraction of sp³-hybridized carbons (Fsp3) is 0. The van der Waals surface area contributed by atoms with Crippen LogP contribution >= 0.6 is 0 Å². The molecule has 0 saturated carbocycles. The number of benzene rings is 10. The Morgan fingerprint density at radius 3 is 1.41 bits per heavy atom. The van der Waals surface area contributed by atoms with Gasteiger partial charge in [-0.15, -0.1) is 0 Å². The van der Waals surface area contributed by atoms with E-state index in [1.54, 1.807) is 0 Å². The molecule has 0 aliphatic carbocycles. The van der Waals surface area contributed by atoms with Gasteiger partial charge in [0.05, 0.1) is 5.69 Å². The second-order valence-corrected chi connectivity index (χ2v) is 14.5. The van der Waals surface area contributed by atoms with E-state index in [9.17, 15) is 0 Å². The highest BCUT2D eigenvalue weighted by Gasteiger charge is 2.25. The smallest absolute Gasteiger partial charge is 0.145 e. The molecule has 0 radical (unpaired) electrons. The molecule has 0 N–H and O–H groups in total. The van der Waals surface area contributed by atoms with Crippen LogP contribution in [0.1, 0.15) is 0 Å². The first-order valence-electron chi connectivity index (χ1n) is 19.2. The highest BCUT2D eigenvalue weighted by atomic mass is 16.3. The average Bonchev–Trinajstić information content (AvgIpc) is 3.68. The standard InChI is InChI=1S/C54H35NO/c1-3-13-36(14-4-1)39-25-29-43(30-26-39)55(44-31-27-40(28-32-44)37-15-5-2-6-16-37)50-34-33-49-52-47-21-11-9-19-45(47)46-20-10-12-22-48(46)53(52)56-54(49)51(50)42-24-23-38-17-7-8-18-41(38)35-42/h1-35H. The van der Waals surface area contributed by atoms with E-state index in [4.69, 9.17) is 4.42 Å². The highest BCUT2D eigenvalue weighted by Crippen LogP contribution is 2.49. The quantitative estimate of drug-likeness (QED) is 0.160. The molecule has 1 heterocycles. The highest BCUT2D eigenvalue weighted by molar-refractivity contribution is 6.31. The monoisotopic (exact) mass is 713 g/mol. The van der Waals surface area contributed by atoms with Gasteiger partial charge in [-0.2, -0.15) is 0 Å². The van der Waals surface area contributed by atoms with Crippen molar-refractivity contribution in [1.82, 2.24) is 0 Å². The molecule has 0 unspecified atom stereocenters. The molecule has 1 aromatic heterocycles. The molecule has 2 heteroatoms. The summed E-state index contributed by atoms with van der Waals surface area (Å²) in [6.45, 7) is 0. The van der Waals surface area contributed by atoms with Crippen LogP contribution in [0.5, 0.6) is 0 Å².